The van der Waals surface area contributed by atoms with E-state index in [2.05, 4.69) is 11.9 Å². The quantitative estimate of drug-likeness (QED) is 0.823. The number of likely N-dealkylation sites (tertiary alicyclic amines) is 1. The molecule has 0 aromatic carbocycles. The normalized spacial score (nSPS) is 18.4. The second-order valence-corrected chi connectivity index (χ2v) is 7.02. The number of rotatable bonds is 4. The van der Waals surface area contributed by atoms with E-state index in [0.29, 0.717) is 30.5 Å². The maximum absolute atomic E-state index is 12.7. The lowest BCUT2D eigenvalue weighted by Gasteiger charge is -2.24. The summed E-state index contributed by atoms with van der Waals surface area (Å²) in [6.07, 6.45) is 8.81. The summed E-state index contributed by atoms with van der Waals surface area (Å²) >= 11 is 0. The van der Waals surface area contributed by atoms with Crippen LogP contribution in [0.3, 0.4) is 0 Å². The van der Waals surface area contributed by atoms with E-state index in [1.807, 2.05) is 0 Å². The van der Waals surface area contributed by atoms with E-state index in [0.717, 1.165) is 42.2 Å². The van der Waals surface area contributed by atoms with Crippen molar-refractivity contribution in [3.05, 3.63) is 28.5 Å². The highest BCUT2D eigenvalue weighted by molar-refractivity contribution is 5.90. The van der Waals surface area contributed by atoms with Crippen molar-refractivity contribution in [3.8, 4) is 0 Å². The first-order chi connectivity index (χ1) is 12.0. The molecule has 2 N–H and O–H groups in total. The number of allylic oxidation sites excluding steroid dienone is 1. The van der Waals surface area contributed by atoms with Crippen molar-refractivity contribution in [1.29, 1.82) is 5.41 Å². The van der Waals surface area contributed by atoms with E-state index in [9.17, 15) is 9.59 Å². The molecule has 136 valence electrons. The van der Waals surface area contributed by atoms with Crippen LogP contribution in [0.25, 0.3) is 0 Å². The number of carbonyl (C=O) groups is 1. The zero-order valence-electron chi connectivity index (χ0n) is 14.9. The van der Waals surface area contributed by atoms with Crippen molar-refractivity contribution in [2.24, 2.45) is 13.0 Å². The van der Waals surface area contributed by atoms with Crippen LogP contribution in [0.4, 0.5) is 10.6 Å². The molecule has 7 nitrogen and oxygen atoms in total. The van der Waals surface area contributed by atoms with Crippen molar-refractivity contribution < 1.29 is 4.79 Å². The van der Waals surface area contributed by atoms with E-state index >= 15 is 0 Å². The molecule has 0 radical (unpaired) electrons. The Morgan fingerprint density at radius 2 is 1.84 bits per heavy atom. The van der Waals surface area contributed by atoms with Crippen molar-refractivity contribution >= 4 is 18.1 Å². The molecule has 25 heavy (non-hydrogen) atoms. The number of imidazole rings is 1. The van der Waals surface area contributed by atoms with Gasteiger partial charge < -0.3 is 15.6 Å². The van der Waals surface area contributed by atoms with Crippen LogP contribution in [-0.4, -0.2) is 39.4 Å². The number of aromatic nitrogens is 2. The van der Waals surface area contributed by atoms with Crippen molar-refractivity contribution in [2.75, 3.05) is 18.4 Å². The van der Waals surface area contributed by atoms with Gasteiger partial charge >= 0.3 is 11.7 Å². The van der Waals surface area contributed by atoms with Gasteiger partial charge in [0, 0.05) is 32.0 Å². The molecule has 0 unspecified atom stereocenters. The first kappa shape index (κ1) is 17.5. The smallest absolute Gasteiger partial charge is 0.338 e. The zero-order valence-corrected chi connectivity index (χ0v) is 14.9. The Morgan fingerprint density at radius 1 is 1.20 bits per heavy atom. The van der Waals surface area contributed by atoms with Crippen LogP contribution >= 0.6 is 0 Å². The third-order valence-corrected chi connectivity index (χ3v) is 5.38. The Morgan fingerprint density at radius 3 is 2.44 bits per heavy atom. The van der Waals surface area contributed by atoms with Crippen molar-refractivity contribution in [1.82, 2.24) is 14.0 Å². The number of hydrogen-bond acceptors (Lipinski definition) is 4. The molecule has 1 aliphatic heterocycles. The van der Waals surface area contributed by atoms with Crippen LogP contribution in [0.15, 0.2) is 17.1 Å². The van der Waals surface area contributed by atoms with Gasteiger partial charge in [0.15, 0.2) is 0 Å². The lowest BCUT2D eigenvalue weighted by atomic mass is 9.87. The Labute approximate surface area is 147 Å². The molecule has 3 rings (SSSR count). The van der Waals surface area contributed by atoms with Gasteiger partial charge in [0.05, 0.1) is 0 Å². The second-order valence-electron chi connectivity index (χ2n) is 7.02. The molecule has 1 aliphatic carbocycles. The molecule has 1 aromatic heterocycles. The van der Waals surface area contributed by atoms with Gasteiger partial charge in [-0.25, -0.2) is 14.2 Å². The van der Waals surface area contributed by atoms with E-state index in [-0.39, 0.29) is 6.03 Å². The molecule has 1 saturated carbocycles. The minimum absolute atomic E-state index is 0.293. The molecule has 1 amide bonds. The average molecular weight is 345 g/mol. The predicted molar refractivity (Wildman–Crippen MR) is 98.5 cm³/mol. The lowest BCUT2D eigenvalue weighted by molar-refractivity contribution is 0.209. The number of nitrogens with one attached hydrogen (secondary N) is 2. The maximum Gasteiger partial charge on any atom is 0.338 e. The Hall–Kier alpha value is -2.31. The van der Waals surface area contributed by atoms with Gasteiger partial charge in [0.25, 0.3) is 0 Å². The second kappa shape index (κ2) is 7.29. The monoisotopic (exact) mass is 345 g/mol. The van der Waals surface area contributed by atoms with Crippen LogP contribution in [-0.2, 0) is 7.05 Å². The summed E-state index contributed by atoms with van der Waals surface area (Å²) < 4.78 is 2.51. The van der Waals surface area contributed by atoms with Gasteiger partial charge in [-0.2, -0.15) is 0 Å². The van der Waals surface area contributed by atoms with Gasteiger partial charge in [0.1, 0.15) is 11.5 Å². The van der Waals surface area contributed by atoms with Crippen LogP contribution < -0.4 is 11.0 Å². The summed E-state index contributed by atoms with van der Waals surface area (Å²) in [6, 6.07) is -0.340. The van der Waals surface area contributed by atoms with Crippen molar-refractivity contribution in [3.63, 3.8) is 0 Å². The molecule has 0 atom stereocenters. The number of hydrogen-bond donors (Lipinski definition) is 2. The standard InChI is InChI=1S/C18H27N5O2/c1-13(14-8-4-3-5-9-14)20-16-15(12-19)23(17(24)21(16)2)18(25)22-10-6-7-11-22/h12,14,19-20H,1,3-11H2,2H3. The fourth-order valence-electron chi connectivity index (χ4n) is 3.85. The molecule has 7 heteroatoms. The summed E-state index contributed by atoms with van der Waals surface area (Å²) in [5.74, 6) is 0.850. The summed E-state index contributed by atoms with van der Waals surface area (Å²) in [4.78, 5) is 27.0. The molecule has 2 fully saturated rings. The summed E-state index contributed by atoms with van der Waals surface area (Å²) in [5.41, 5.74) is 0.736. The van der Waals surface area contributed by atoms with Gasteiger partial charge in [-0.05, 0) is 31.6 Å². The number of anilines is 1. The highest BCUT2D eigenvalue weighted by atomic mass is 16.2. The number of amides is 1. The first-order valence-electron chi connectivity index (χ1n) is 9.12. The van der Waals surface area contributed by atoms with E-state index in [4.69, 9.17) is 5.41 Å². The van der Waals surface area contributed by atoms with Gasteiger partial charge in [-0.3, -0.25) is 4.57 Å². The molecule has 2 heterocycles. The molecular weight excluding hydrogens is 318 g/mol. The Kier molecular flexibility index (Phi) is 5.11. The number of carbonyl (C=O) groups excluding carboxylic acids is 1. The fraction of sp³-hybridized carbons (Fsp3) is 0.611. The minimum Gasteiger partial charge on any atom is -0.344 e. The van der Waals surface area contributed by atoms with Gasteiger partial charge in [0.2, 0.25) is 0 Å². The third kappa shape index (κ3) is 3.27. The largest absolute Gasteiger partial charge is 0.344 e. The molecule has 1 aromatic rings. The van der Waals surface area contributed by atoms with E-state index in [1.54, 1.807) is 11.9 Å². The molecular formula is C18H27N5O2. The molecule has 2 aliphatic rings. The topological polar surface area (TPSA) is 83.1 Å². The first-order valence-corrected chi connectivity index (χ1v) is 9.12. The molecule has 0 bridgehead atoms. The van der Waals surface area contributed by atoms with Gasteiger partial charge in [-0.15, -0.1) is 0 Å². The van der Waals surface area contributed by atoms with Gasteiger partial charge in [-0.1, -0.05) is 25.8 Å². The average Bonchev–Trinajstić information content (AvgIpc) is 3.25. The van der Waals surface area contributed by atoms with Crippen molar-refractivity contribution in [2.45, 2.75) is 44.9 Å². The zero-order chi connectivity index (χ0) is 18.0. The predicted octanol–water partition coefficient (Wildman–Crippen LogP) is 2.75. The highest BCUT2D eigenvalue weighted by Gasteiger charge is 2.27. The fourth-order valence-corrected chi connectivity index (χ4v) is 3.85. The highest BCUT2D eigenvalue weighted by Crippen LogP contribution is 2.30. The lowest BCUT2D eigenvalue weighted by Crippen LogP contribution is -2.39. The minimum atomic E-state index is -0.422. The Balaban J connectivity index is 1.90. The van der Waals surface area contributed by atoms with E-state index in [1.165, 1.54) is 23.8 Å². The summed E-state index contributed by atoms with van der Waals surface area (Å²) in [7, 11) is 1.62. The Bertz CT molecular complexity index is 733. The SMILES string of the molecule is C=C(Nc1c(C=N)n(C(=O)N2CCCC2)c(=O)n1C)C1CCCCC1. The number of nitrogens with zero attached hydrogens (tertiary/aromatic N) is 3. The van der Waals surface area contributed by atoms with Crippen LogP contribution in [0.2, 0.25) is 0 Å². The van der Waals surface area contributed by atoms with Crippen LogP contribution in [0.1, 0.15) is 50.6 Å². The summed E-state index contributed by atoms with van der Waals surface area (Å²) in [6.45, 7) is 5.47. The van der Waals surface area contributed by atoms with Crippen LogP contribution in [0.5, 0.6) is 0 Å². The third-order valence-electron chi connectivity index (χ3n) is 5.38. The summed E-state index contributed by atoms with van der Waals surface area (Å²) in [5, 5.41) is 11.0. The molecule has 0 spiro atoms. The van der Waals surface area contributed by atoms with Crippen LogP contribution in [0, 0.1) is 11.3 Å². The van der Waals surface area contributed by atoms with E-state index < -0.39 is 5.69 Å². The maximum atomic E-state index is 12.7. The molecule has 1 saturated heterocycles.